The number of aliphatic imine (C=N–C) groups is 1. The van der Waals surface area contributed by atoms with Crippen molar-refractivity contribution in [3.05, 3.63) is 60.0 Å². The Morgan fingerprint density at radius 3 is 2.30 bits per heavy atom. The van der Waals surface area contributed by atoms with Gasteiger partial charge in [0.25, 0.3) is 0 Å². The monoisotopic (exact) mass is 726 g/mol. The molecule has 0 spiro atoms. The minimum absolute atomic E-state index is 0.154. The molecule has 1 aliphatic heterocycles. The van der Waals surface area contributed by atoms with Crippen molar-refractivity contribution in [2.24, 2.45) is 4.99 Å². The molecule has 0 aliphatic carbocycles. The number of alkyl carbamates (subject to hydrolysis) is 2. The number of nitrogens with zero attached hydrogens (tertiary/aromatic N) is 4. The number of amides is 4. The molecule has 15 heteroatoms. The first kappa shape index (κ1) is 38.1. The zero-order chi connectivity index (χ0) is 37.9. The van der Waals surface area contributed by atoms with Gasteiger partial charge in [0, 0.05) is 37.3 Å². The molecule has 4 N–H and O–H groups in total. The first-order valence-electron chi connectivity index (χ1n) is 17.5. The molecule has 0 atom stereocenters. The highest BCUT2D eigenvalue weighted by Gasteiger charge is 2.22. The van der Waals surface area contributed by atoms with Gasteiger partial charge in [-0.3, -0.25) is 14.6 Å². The lowest BCUT2D eigenvalue weighted by Gasteiger charge is -2.23. The van der Waals surface area contributed by atoms with E-state index in [2.05, 4.69) is 53.6 Å². The van der Waals surface area contributed by atoms with Crippen LogP contribution in [0.15, 0.2) is 53.7 Å². The number of hydrogen-bond donors (Lipinski definition) is 4. The fourth-order valence-electron chi connectivity index (χ4n) is 6.16. The number of aromatic amines is 1. The SMILES string of the molecule is CCCN(CC=Nc1ccc2cc3c(cc2c1NC)OCc1cc(-c2cnc(CN(CCC)C(=O)CNC(=O)OC)[nH]2)ccc1-3)C(=O)CNC(=O)OC. The lowest BCUT2D eigenvalue weighted by atomic mass is 9.92. The van der Waals surface area contributed by atoms with E-state index < -0.39 is 12.2 Å². The van der Waals surface area contributed by atoms with Gasteiger partial charge in [-0.05, 0) is 59.2 Å². The molecule has 0 radical (unpaired) electrons. The summed E-state index contributed by atoms with van der Waals surface area (Å²) in [4.78, 5) is 64.1. The van der Waals surface area contributed by atoms with Crippen LogP contribution in [0.5, 0.6) is 5.75 Å². The maximum atomic E-state index is 12.7. The Balaban J connectivity index is 1.32. The standard InChI is InChI=1S/C38H46N8O7/c1-6-13-45(34(47)20-42-37(49)51-4)15-12-40-30-11-9-24-17-29-27-10-8-25(16-26(27)23-53-32(29)18-28(24)36(30)39-3)31-19-41-33(44-31)22-46(14-7-2)35(48)21-43-38(50)52-5/h8-12,16-19,39H,6-7,13-15,20-23H2,1-5H3,(H,41,44)(H,42,49)(H,43,50). The second-order valence-electron chi connectivity index (χ2n) is 12.3. The minimum Gasteiger partial charge on any atom is -0.488 e. The molecule has 280 valence electrons. The van der Waals surface area contributed by atoms with Crippen LogP contribution >= 0.6 is 0 Å². The molecule has 15 nitrogen and oxygen atoms in total. The first-order valence-corrected chi connectivity index (χ1v) is 17.5. The molecular formula is C38H46N8O7. The van der Waals surface area contributed by atoms with E-state index in [1.807, 2.05) is 45.2 Å². The zero-order valence-electron chi connectivity index (χ0n) is 30.7. The van der Waals surface area contributed by atoms with E-state index >= 15 is 0 Å². The number of fused-ring (bicyclic) bond motifs is 4. The molecule has 0 fully saturated rings. The quantitative estimate of drug-likeness (QED) is 0.120. The lowest BCUT2D eigenvalue weighted by molar-refractivity contribution is -0.131. The van der Waals surface area contributed by atoms with Gasteiger partial charge in [0.1, 0.15) is 31.3 Å². The van der Waals surface area contributed by atoms with Gasteiger partial charge in [-0.15, -0.1) is 0 Å². The Hall–Kier alpha value is -6.12. The predicted molar refractivity (Wildman–Crippen MR) is 202 cm³/mol. The number of imidazole rings is 1. The van der Waals surface area contributed by atoms with Gasteiger partial charge in [-0.25, -0.2) is 14.6 Å². The van der Waals surface area contributed by atoms with E-state index in [0.29, 0.717) is 25.5 Å². The normalized spacial score (nSPS) is 11.6. The van der Waals surface area contributed by atoms with Crippen LogP contribution in [0.4, 0.5) is 21.0 Å². The van der Waals surface area contributed by atoms with Crippen molar-refractivity contribution in [2.45, 2.75) is 39.8 Å². The molecule has 1 aromatic heterocycles. The van der Waals surface area contributed by atoms with E-state index in [1.165, 1.54) is 14.2 Å². The van der Waals surface area contributed by atoms with Crippen LogP contribution in [0, 0.1) is 0 Å². The number of nitrogens with one attached hydrogen (secondary N) is 4. The summed E-state index contributed by atoms with van der Waals surface area (Å²) >= 11 is 0. The van der Waals surface area contributed by atoms with Crippen molar-refractivity contribution >= 4 is 52.4 Å². The van der Waals surface area contributed by atoms with Crippen LogP contribution in [0.3, 0.4) is 0 Å². The number of carbonyl (C=O) groups excluding carboxylic acids is 4. The minimum atomic E-state index is -0.657. The van der Waals surface area contributed by atoms with Crippen molar-refractivity contribution in [3.63, 3.8) is 0 Å². The Morgan fingerprint density at radius 2 is 1.62 bits per heavy atom. The van der Waals surface area contributed by atoms with Crippen molar-refractivity contribution in [3.8, 4) is 28.1 Å². The van der Waals surface area contributed by atoms with Gasteiger partial charge < -0.3 is 44.9 Å². The number of carbonyl (C=O) groups is 4. The van der Waals surface area contributed by atoms with Crippen LogP contribution in [-0.2, 0) is 32.2 Å². The van der Waals surface area contributed by atoms with E-state index in [9.17, 15) is 19.2 Å². The second-order valence-corrected chi connectivity index (χ2v) is 12.3. The zero-order valence-corrected chi connectivity index (χ0v) is 30.7. The van der Waals surface area contributed by atoms with Gasteiger partial charge >= 0.3 is 12.2 Å². The summed E-state index contributed by atoms with van der Waals surface area (Å²) in [5, 5.41) is 10.1. The van der Waals surface area contributed by atoms with E-state index in [0.717, 1.165) is 68.7 Å². The number of rotatable bonds is 15. The largest absolute Gasteiger partial charge is 0.488 e. The Bertz CT molecular complexity index is 1990. The molecule has 2 heterocycles. The van der Waals surface area contributed by atoms with Gasteiger partial charge in [0.15, 0.2) is 0 Å². The number of H-pyrrole nitrogens is 1. The molecule has 0 saturated heterocycles. The maximum absolute atomic E-state index is 12.7. The second kappa shape index (κ2) is 17.9. The first-order chi connectivity index (χ1) is 25.7. The molecule has 5 rings (SSSR count). The number of hydrogen-bond acceptors (Lipinski definition) is 10. The van der Waals surface area contributed by atoms with Crippen molar-refractivity contribution < 1.29 is 33.4 Å². The highest BCUT2D eigenvalue weighted by Crippen LogP contribution is 2.44. The summed E-state index contributed by atoms with van der Waals surface area (Å²) < 4.78 is 15.4. The van der Waals surface area contributed by atoms with Crippen LogP contribution in [0.25, 0.3) is 33.2 Å². The summed E-state index contributed by atoms with van der Waals surface area (Å²) in [6.45, 7) is 5.64. The van der Waals surface area contributed by atoms with Crippen LogP contribution in [-0.4, -0.2) is 104 Å². The number of aromatic nitrogens is 2. The third-order valence-corrected chi connectivity index (χ3v) is 8.77. The van der Waals surface area contributed by atoms with Gasteiger partial charge in [-0.2, -0.15) is 0 Å². The average molecular weight is 727 g/mol. The predicted octanol–water partition coefficient (Wildman–Crippen LogP) is 5.22. The molecule has 0 bridgehead atoms. The molecular weight excluding hydrogens is 680 g/mol. The summed E-state index contributed by atoms with van der Waals surface area (Å²) in [7, 11) is 4.35. The van der Waals surface area contributed by atoms with Crippen LogP contribution < -0.4 is 20.7 Å². The fourth-order valence-corrected chi connectivity index (χ4v) is 6.16. The van der Waals surface area contributed by atoms with Crippen molar-refractivity contribution in [2.75, 3.05) is 59.3 Å². The highest BCUT2D eigenvalue weighted by atomic mass is 16.5. The average Bonchev–Trinajstić information content (AvgIpc) is 3.65. The smallest absolute Gasteiger partial charge is 0.407 e. The molecule has 0 unspecified atom stereocenters. The van der Waals surface area contributed by atoms with Crippen LogP contribution in [0.2, 0.25) is 0 Å². The Kier molecular flexibility index (Phi) is 12.9. The third kappa shape index (κ3) is 9.22. The topological polar surface area (TPSA) is 180 Å². The Labute approximate surface area is 308 Å². The van der Waals surface area contributed by atoms with E-state index in [4.69, 9.17) is 9.73 Å². The number of benzene rings is 3. The fraction of sp³-hybridized carbons (Fsp3) is 0.368. The van der Waals surface area contributed by atoms with Crippen molar-refractivity contribution in [1.29, 1.82) is 0 Å². The Morgan fingerprint density at radius 1 is 0.925 bits per heavy atom. The molecule has 4 aromatic rings. The van der Waals surface area contributed by atoms with Crippen molar-refractivity contribution in [1.82, 2.24) is 30.4 Å². The summed E-state index contributed by atoms with van der Waals surface area (Å²) in [5.74, 6) is 0.943. The number of ether oxygens (including phenoxy) is 3. The number of anilines is 1. The van der Waals surface area contributed by atoms with Gasteiger partial charge in [-0.1, -0.05) is 32.0 Å². The third-order valence-electron chi connectivity index (χ3n) is 8.77. The van der Waals surface area contributed by atoms with E-state index in [1.54, 1.807) is 22.2 Å². The molecule has 4 amide bonds. The van der Waals surface area contributed by atoms with Gasteiger partial charge in [0.05, 0.1) is 50.6 Å². The van der Waals surface area contributed by atoms with E-state index in [-0.39, 0.29) is 38.0 Å². The molecule has 1 aliphatic rings. The number of methoxy groups -OCH3 is 2. The summed E-state index contributed by atoms with van der Waals surface area (Å²) in [6.07, 6.45) is 3.66. The molecule has 0 saturated carbocycles. The molecule has 53 heavy (non-hydrogen) atoms. The highest BCUT2D eigenvalue weighted by molar-refractivity contribution is 6.03. The molecule has 3 aromatic carbocycles. The summed E-state index contributed by atoms with van der Waals surface area (Å²) in [6, 6.07) is 14.3. The van der Waals surface area contributed by atoms with Gasteiger partial charge in [0.2, 0.25) is 11.8 Å². The lowest BCUT2D eigenvalue weighted by Crippen LogP contribution is -2.41. The van der Waals surface area contributed by atoms with Crippen LogP contribution in [0.1, 0.15) is 38.1 Å². The maximum Gasteiger partial charge on any atom is 0.407 e. The summed E-state index contributed by atoms with van der Waals surface area (Å²) in [5.41, 5.74) is 6.40.